The van der Waals surface area contributed by atoms with Crippen LogP contribution in [-0.4, -0.2) is 83.0 Å². The van der Waals surface area contributed by atoms with Crippen molar-refractivity contribution in [1.82, 2.24) is 9.97 Å². The number of carboxylic acid groups (broad SMARTS) is 2. The van der Waals surface area contributed by atoms with Gasteiger partial charge in [-0.2, -0.15) is 0 Å². The van der Waals surface area contributed by atoms with Crippen molar-refractivity contribution in [2.24, 2.45) is 0 Å². The van der Waals surface area contributed by atoms with Gasteiger partial charge in [-0.1, -0.05) is 58.0 Å². The van der Waals surface area contributed by atoms with Crippen LogP contribution in [0.1, 0.15) is 11.1 Å². The zero-order valence-corrected chi connectivity index (χ0v) is 27.4. The first-order valence-electron chi connectivity index (χ1n) is 14.7. The lowest BCUT2D eigenvalue weighted by molar-refractivity contribution is -0.137. The summed E-state index contributed by atoms with van der Waals surface area (Å²) in [5.41, 5.74) is 1.65. The third-order valence-electron chi connectivity index (χ3n) is 7.00. The van der Waals surface area contributed by atoms with Crippen LogP contribution >= 0.6 is 21.6 Å². The number of hydrogen-bond donors (Lipinski definition) is 2. The van der Waals surface area contributed by atoms with Crippen molar-refractivity contribution < 1.29 is 29.3 Å². The number of ether oxygens (including phenoxy) is 2. The molecule has 0 aliphatic rings. The average molecular weight is 663 g/mol. The summed E-state index contributed by atoms with van der Waals surface area (Å²) in [6, 6.07) is 26.1. The minimum absolute atomic E-state index is 0.254. The summed E-state index contributed by atoms with van der Waals surface area (Å²) in [6.45, 7) is 2.24. The zero-order chi connectivity index (χ0) is 32.7. The van der Waals surface area contributed by atoms with E-state index in [1.807, 2.05) is 109 Å². The smallest absolute Gasteiger partial charge is 0.317 e. The summed E-state index contributed by atoms with van der Waals surface area (Å²) < 4.78 is 11.7. The molecular formula is C34H38N4O6S2. The molecule has 242 valence electrons. The molecule has 0 spiro atoms. The molecule has 2 heterocycles. The maximum atomic E-state index is 12.0. The molecule has 0 bridgehead atoms. The minimum Gasteiger partial charge on any atom is -0.492 e. The fraction of sp³-hybridized carbons (Fsp3) is 0.294. The van der Waals surface area contributed by atoms with Gasteiger partial charge < -0.3 is 29.5 Å². The number of aliphatic carboxylic acids is 2. The lowest BCUT2D eigenvalue weighted by Crippen LogP contribution is -2.24. The number of benzene rings is 2. The highest BCUT2D eigenvalue weighted by Crippen LogP contribution is 2.35. The van der Waals surface area contributed by atoms with E-state index in [0.29, 0.717) is 37.8 Å². The van der Waals surface area contributed by atoms with Gasteiger partial charge in [0.05, 0.1) is 13.1 Å². The SMILES string of the molecule is CN(CCOc1ccc(CC(SSC(Cc2ccc(OCCN(C)c3ccccn3)cc2)C(=O)O)C(=O)O)cc1)c1ccccn1. The largest absolute Gasteiger partial charge is 0.492 e. The number of carboxylic acids is 2. The molecule has 0 fully saturated rings. The molecule has 4 rings (SSSR count). The van der Waals surface area contributed by atoms with Gasteiger partial charge in [-0.25, -0.2) is 9.97 Å². The fourth-order valence-electron chi connectivity index (χ4n) is 4.32. The lowest BCUT2D eigenvalue weighted by Gasteiger charge is -2.18. The van der Waals surface area contributed by atoms with Gasteiger partial charge in [-0.3, -0.25) is 9.59 Å². The Morgan fingerprint density at radius 3 is 1.37 bits per heavy atom. The Kier molecular flexibility index (Phi) is 13.4. The van der Waals surface area contributed by atoms with Gasteiger partial charge in [0.15, 0.2) is 0 Å². The molecular weight excluding hydrogens is 625 g/mol. The Morgan fingerprint density at radius 1 is 0.652 bits per heavy atom. The molecule has 0 saturated heterocycles. The van der Waals surface area contributed by atoms with Gasteiger partial charge in [-0.15, -0.1) is 0 Å². The van der Waals surface area contributed by atoms with Gasteiger partial charge in [0, 0.05) is 26.5 Å². The fourth-order valence-corrected chi connectivity index (χ4v) is 6.98. The Bertz CT molecular complexity index is 1380. The van der Waals surface area contributed by atoms with Crippen molar-refractivity contribution in [1.29, 1.82) is 0 Å². The predicted molar refractivity (Wildman–Crippen MR) is 184 cm³/mol. The number of rotatable bonds is 19. The van der Waals surface area contributed by atoms with Gasteiger partial charge in [0.25, 0.3) is 0 Å². The van der Waals surface area contributed by atoms with Gasteiger partial charge in [0.2, 0.25) is 0 Å². The molecule has 2 aromatic heterocycles. The second-order valence-electron chi connectivity index (χ2n) is 10.5. The van der Waals surface area contributed by atoms with Crippen LogP contribution in [0.4, 0.5) is 11.6 Å². The van der Waals surface area contributed by atoms with E-state index in [9.17, 15) is 19.8 Å². The molecule has 12 heteroatoms. The number of nitrogens with zero attached hydrogens (tertiary/aromatic N) is 4. The molecule has 0 aliphatic heterocycles. The molecule has 2 N–H and O–H groups in total. The highest BCUT2D eigenvalue weighted by molar-refractivity contribution is 8.77. The number of pyridine rings is 2. The molecule has 0 aliphatic carbocycles. The van der Waals surface area contributed by atoms with E-state index in [0.717, 1.165) is 44.4 Å². The van der Waals surface area contributed by atoms with Crippen LogP contribution in [0, 0.1) is 0 Å². The van der Waals surface area contributed by atoms with Crippen LogP contribution in [0.25, 0.3) is 0 Å². The van der Waals surface area contributed by atoms with Crippen molar-refractivity contribution >= 4 is 45.2 Å². The van der Waals surface area contributed by atoms with Crippen molar-refractivity contribution in [3.63, 3.8) is 0 Å². The van der Waals surface area contributed by atoms with E-state index in [2.05, 4.69) is 9.97 Å². The minimum atomic E-state index is -0.991. The summed E-state index contributed by atoms with van der Waals surface area (Å²) in [6.07, 6.45) is 4.00. The first kappa shape index (κ1) is 34.5. The standard InChI is InChI=1S/C34H38N4O6S2/c1-37(31-7-3-5-17-35-31)19-21-43-27-13-9-25(10-14-27)23-29(33(39)40)45-46-30(34(41)42)24-26-11-15-28(16-12-26)44-22-20-38(2)32-8-4-6-18-36-32/h3-18,29-30H,19-24H2,1-2H3,(H,39,40)(H,41,42). The Hall–Kier alpha value is -4.42. The molecule has 2 aromatic carbocycles. The molecule has 0 radical (unpaired) electrons. The quantitative estimate of drug-likeness (QED) is 0.122. The number of aromatic nitrogens is 2. The third-order valence-corrected chi connectivity index (χ3v) is 10.0. The normalized spacial score (nSPS) is 12.1. The van der Waals surface area contributed by atoms with E-state index in [-0.39, 0.29) is 12.8 Å². The molecule has 4 aromatic rings. The lowest BCUT2D eigenvalue weighted by atomic mass is 10.1. The van der Waals surface area contributed by atoms with Gasteiger partial charge in [-0.05, 0) is 72.5 Å². The molecule has 0 saturated carbocycles. The van der Waals surface area contributed by atoms with E-state index >= 15 is 0 Å². The second-order valence-corrected chi connectivity index (χ2v) is 13.1. The van der Waals surface area contributed by atoms with Crippen molar-refractivity contribution in [2.45, 2.75) is 23.3 Å². The Balaban J connectivity index is 1.21. The average Bonchev–Trinajstić information content (AvgIpc) is 3.07. The molecule has 2 atom stereocenters. The summed E-state index contributed by atoms with van der Waals surface area (Å²) in [4.78, 5) is 36.7. The first-order chi connectivity index (χ1) is 22.3. The van der Waals surface area contributed by atoms with Crippen LogP contribution in [0.15, 0.2) is 97.3 Å². The maximum absolute atomic E-state index is 12.0. The molecule has 46 heavy (non-hydrogen) atoms. The van der Waals surface area contributed by atoms with Crippen LogP contribution in [0.2, 0.25) is 0 Å². The second kappa shape index (κ2) is 17.9. The van der Waals surface area contributed by atoms with Gasteiger partial charge in [0.1, 0.15) is 46.8 Å². The monoisotopic (exact) mass is 662 g/mol. The summed E-state index contributed by atoms with van der Waals surface area (Å²) in [7, 11) is 6.04. The van der Waals surface area contributed by atoms with Crippen LogP contribution < -0.4 is 19.3 Å². The number of likely N-dealkylation sites (N-methyl/N-ethyl adjacent to an activating group) is 2. The van der Waals surface area contributed by atoms with E-state index in [4.69, 9.17) is 9.47 Å². The number of carbonyl (C=O) groups is 2. The third kappa shape index (κ3) is 11.2. The van der Waals surface area contributed by atoms with Crippen molar-refractivity contribution in [3.8, 4) is 11.5 Å². The summed E-state index contributed by atoms with van der Waals surface area (Å²) >= 11 is 0. The Morgan fingerprint density at radius 2 is 1.04 bits per heavy atom. The first-order valence-corrected chi connectivity index (χ1v) is 17.0. The highest BCUT2D eigenvalue weighted by atomic mass is 33.1. The molecule has 10 nitrogen and oxygen atoms in total. The van der Waals surface area contributed by atoms with Crippen LogP contribution in [0.5, 0.6) is 11.5 Å². The van der Waals surface area contributed by atoms with Gasteiger partial charge >= 0.3 is 11.9 Å². The van der Waals surface area contributed by atoms with Crippen LogP contribution in [-0.2, 0) is 22.4 Å². The number of anilines is 2. The zero-order valence-electron chi connectivity index (χ0n) is 25.8. The Labute approximate surface area is 277 Å². The van der Waals surface area contributed by atoms with E-state index in [1.165, 1.54) is 0 Å². The van der Waals surface area contributed by atoms with E-state index < -0.39 is 22.4 Å². The molecule has 2 unspecified atom stereocenters. The van der Waals surface area contributed by atoms with Crippen molar-refractivity contribution in [2.75, 3.05) is 50.2 Å². The van der Waals surface area contributed by atoms with Crippen LogP contribution in [0.3, 0.4) is 0 Å². The maximum Gasteiger partial charge on any atom is 0.317 e. The van der Waals surface area contributed by atoms with Crippen molar-refractivity contribution in [3.05, 3.63) is 108 Å². The summed E-state index contributed by atoms with van der Waals surface area (Å²) in [5, 5.41) is 18.1. The topological polar surface area (TPSA) is 125 Å². The number of hydrogen-bond acceptors (Lipinski definition) is 10. The highest BCUT2D eigenvalue weighted by Gasteiger charge is 2.25. The summed E-state index contributed by atoms with van der Waals surface area (Å²) in [5.74, 6) is 1.12. The molecule has 0 amide bonds. The van der Waals surface area contributed by atoms with E-state index in [1.54, 1.807) is 12.4 Å². The predicted octanol–water partition coefficient (Wildman–Crippen LogP) is 5.58.